The van der Waals surface area contributed by atoms with E-state index in [1.165, 1.54) is 6.92 Å². The lowest BCUT2D eigenvalue weighted by Gasteiger charge is -2.06. The third kappa shape index (κ3) is 2.32. The number of aryl methyl sites for hydroxylation is 2. The topological polar surface area (TPSA) is 46.9 Å². The number of carbonyl (C=O) groups excluding carboxylic acids is 1. The Morgan fingerprint density at radius 1 is 1.18 bits per heavy atom. The second-order valence-corrected chi connectivity index (χ2v) is 5.02. The van der Waals surface area contributed by atoms with Crippen molar-refractivity contribution in [1.29, 1.82) is 0 Å². The van der Waals surface area contributed by atoms with Crippen molar-refractivity contribution in [3.05, 3.63) is 59.3 Å². The third-order valence-corrected chi connectivity index (χ3v) is 3.47. The molecule has 4 nitrogen and oxygen atoms in total. The summed E-state index contributed by atoms with van der Waals surface area (Å²) in [5.41, 5.74) is 0.920. The Labute approximate surface area is 125 Å². The van der Waals surface area contributed by atoms with Crippen molar-refractivity contribution in [2.24, 2.45) is 7.05 Å². The number of halogens is 2. The maximum absolute atomic E-state index is 13.8. The number of para-hydroxylation sites is 1. The quantitative estimate of drug-likeness (QED) is 0.788. The van der Waals surface area contributed by atoms with Gasteiger partial charge in [0.1, 0.15) is 11.6 Å². The van der Waals surface area contributed by atoms with E-state index in [4.69, 9.17) is 0 Å². The van der Waals surface area contributed by atoms with Crippen LogP contribution in [0.2, 0.25) is 0 Å². The minimum atomic E-state index is -0.688. The van der Waals surface area contributed by atoms with Gasteiger partial charge in [-0.15, -0.1) is 0 Å². The number of benzene rings is 2. The number of nitrogens with zero attached hydrogens (tertiary/aromatic N) is 2. The average molecular weight is 301 g/mol. The zero-order valence-corrected chi connectivity index (χ0v) is 12.0. The van der Waals surface area contributed by atoms with Crippen LogP contribution in [0.25, 0.3) is 10.9 Å². The van der Waals surface area contributed by atoms with Gasteiger partial charge in [0.25, 0.3) is 5.91 Å². The predicted molar refractivity (Wildman–Crippen MR) is 79.8 cm³/mol. The molecule has 1 amide bonds. The van der Waals surface area contributed by atoms with Crippen LogP contribution in [0.3, 0.4) is 0 Å². The van der Waals surface area contributed by atoms with E-state index in [1.54, 1.807) is 23.9 Å². The van der Waals surface area contributed by atoms with E-state index < -0.39 is 17.5 Å². The highest BCUT2D eigenvalue weighted by Crippen LogP contribution is 2.22. The number of anilines is 1. The highest BCUT2D eigenvalue weighted by atomic mass is 19.1. The zero-order valence-electron chi connectivity index (χ0n) is 12.0. The summed E-state index contributed by atoms with van der Waals surface area (Å²) in [5.74, 6) is -1.85. The van der Waals surface area contributed by atoms with E-state index in [2.05, 4.69) is 10.4 Å². The fraction of sp³-hybridized carbons (Fsp3) is 0.125. The Hall–Kier alpha value is -2.76. The molecule has 6 heteroatoms. The molecule has 1 heterocycles. The molecule has 0 radical (unpaired) electrons. The molecule has 0 saturated carbocycles. The molecule has 112 valence electrons. The largest absolute Gasteiger partial charge is 0.318 e. The SMILES string of the molecule is Cc1cc(F)c(NC(=O)c2nn(C)c3ccccc23)cc1F. The molecule has 1 N–H and O–H groups in total. The van der Waals surface area contributed by atoms with Crippen LogP contribution in [0.5, 0.6) is 0 Å². The van der Waals surface area contributed by atoms with Crippen molar-refractivity contribution in [2.45, 2.75) is 6.92 Å². The molecule has 1 aromatic heterocycles. The number of carbonyl (C=O) groups is 1. The van der Waals surface area contributed by atoms with Crippen LogP contribution in [-0.4, -0.2) is 15.7 Å². The van der Waals surface area contributed by atoms with Crippen LogP contribution >= 0.6 is 0 Å². The molecule has 0 saturated heterocycles. The number of fused-ring (bicyclic) bond motifs is 1. The van der Waals surface area contributed by atoms with E-state index >= 15 is 0 Å². The number of amides is 1. The molecule has 0 spiro atoms. The minimum absolute atomic E-state index is 0.165. The van der Waals surface area contributed by atoms with Gasteiger partial charge in [0.15, 0.2) is 5.69 Å². The Bertz CT molecular complexity index is 886. The lowest BCUT2D eigenvalue weighted by Crippen LogP contribution is -2.14. The molecular weight excluding hydrogens is 288 g/mol. The summed E-state index contributed by atoms with van der Waals surface area (Å²) in [7, 11) is 1.71. The van der Waals surface area contributed by atoms with Gasteiger partial charge in [-0.05, 0) is 24.6 Å². The first-order valence-corrected chi connectivity index (χ1v) is 6.66. The smallest absolute Gasteiger partial charge is 0.276 e. The molecule has 0 unspecified atom stereocenters. The molecule has 0 bridgehead atoms. The van der Waals surface area contributed by atoms with E-state index in [1.807, 2.05) is 12.1 Å². The molecule has 22 heavy (non-hydrogen) atoms. The molecule has 3 rings (SSSR count). The Morgan fingerprint density at radius 3 is 2.68 bits per heavy atom. The summed E-state index contributed by atoms with van der Waals surface area (Å²) < 4.78 is 28.9. The van der Waals surface area contributed by atoms with Gasteiger partial charge in [-0.2, -0.15) is 5.10 Å². The van der Waals surface area contributed by atoms with Gasteiger partial charge in [0.2, 0.25) is 0 Å². The first-order valence-electron chi connectivity index (χ1n) is 6.66. The third-order valence-electron chi connectivity index (χ3n) is 3.47. The lowest BCUT2D eigenvalue weighted by molar-refractivity contribution is 0.102. The fourth-order valence-corrected chi connectivity index (χ4v) is 2.31. The van der Waals surface area contributed by atoms with Crippen LogP contribution < -0.4 is 5.32 Å². The van der Waals surface area contributed by atoms with Gasteiger partial charge in [-0.25, -0.2) is 8.78 Å². The average Bonchev–Trinajstić information content (AvgIpc) is 2.83. The fourth-order valence-electron chi connectivity index (χ4n) is 2.31. The van der Waals surface area contributed by atoms with Crippen molar-refractivity contribution in [2.75, 3.05) is 5.32 Å². The Kier molecular flexibility index (Phi) is 3.36. The van der Waals surface area contributed by atoms with Crippen molar-refractivity contribution in [3.63, 3.8) is 0 Å². The van der Waals surface area contributed by atoms with Crippen molar-refractivity contribution < 1.29 is 13.6 Å². The maximum Gasteiger partial charge on any atom is 0.276 e. The monoisotopic (exact) mass is 301 g/mol. The van der Waals surface area contributed by atoms with Gasteiger partial charge in [0.05, 0.1) is 11.2 Å². The number of aromatic nitrogens is 2. The lowest BCUT2D eigenvalue weighted by atomic mass is 10.2. The number of hydrogen-bond acceptors (Lipinski definition) is 2. The second-order valence-electron chi connectivity index (χ2n) is 5.02. The predicted octanol–water partition coefficient (Wildman–Crippen LogP) is 3.41. The van der Waals surface area contributed by atoms with Gasteiger partial charge in [-0.1, -0.05) is 18.2 Å². The summed E-state index contributed by atoms with van der Waals surface area (Å²) in [4.78, 5) is 12.3. The first kappa shape index (κ1) is 14.2. The van der Waals surface area contributed by atoms with E-state index in [-0.39, 0.29) is 16.9 Å². The van der Waals surface area contributed by atoms with Gasteiger partial charge in [0, 0.05) is 18.5 Å². The Morgan fingerprint density at radius 2 is 1.91 bits per heavy atom. The van der Waals surface area contributed by atoms with Crippen molar-refractivity contribution in [3.8, 4) is 0 Å². The van der Waals surface area contributed by atoms with Crippen LogP contribution in [-0.2, 0) is 7.05 Å². The van der Waals surface area contributed by atoms with Crippen molar-refractivity contribution in [1.82, 2.24) is 9.78 Å². The number of nitrogens with one attached hydrogen (secondary N) is 1. The van der Waals surface area contributed by atoms with Crippen molar-refractivity contribution >= 4 is 22.5 Å². The molecule has 3 aromatic rings. The normalized spacial score (nSPS) is 10.9. The van der Waals surface area contributed by atoms with E-state index in [0.717, 1.165) is 17.6 Å². The summed E-state index contributed by atoms with van der Waals surface area (Å²) in [6.07, 6.45) is 0. The number of hydrogen-bond donors (Lipinski definition) is 1. The number of rotatable bonds is 2. The van der Waals surface area contributed by atoms with Crippen LogP contribution in [0.15, 0.2) is 36.4 Å². The Balaban J connectivity index is 1.99. The van der Waals surface area contributed by atoms with Gasteiger partial charge in [-0.3, -0.25) is 9.48 Å². The van der Waals surface area contributed by atoms with Gasteiger partial charge < -0.3 is 5.32 Å². The second kappa shape index (κ2) is 5.22. The maximum atomic E-state index is 13.8. The summed E-state index contributed by atoms with van der Waals surface area (Å²) in [6, 6.07) is 9.21. The standard InChI is InChI=1S/C16H13F2N3O/c1-9-7-12(18)13(8-11(9)17)19-16(22)15-10-5-3-4-6-14(10)21(2)20-15/h3-8H,1-2H3,(H,19,22). The van der Waals surface area contributed by atoms with Gasteiger partial charge >= 0.3 is 0 Å². The van der Waals surface area contributed by atoms with Crippen LogP contribution in [0, 0.1) is 18.6 Å². The first-order chi connectivity index (χ1) is 10.5. The summed E-state index contributed by atoms with van der Waals surface area (Å²) >= 11 is 0. The molecule has 0 fully saturated rings. The highest BCUT2D eigenvalue weighted by molar-refractivity contribution is 6.11. The summed E-state index contributed by atoms with van der Waals surface area (Å²) in [6.45, 7) is 1.45. The van der Waals surface area contributed by atoms with Crippen LogP contribution in [0.1, 0.15) is 16.1 Å². The highest BCUT2D eigenvalue weighted by Gasteiger charge is 2.18. The minimum Gasteiger partial charge on any atom is -0.318 e. The molecule has 0 aliphatic heterocycles. The molecule has 0 atom stereocenters. The summed E-state index contributed by atoms with van der Waals surface area (Å²) in [5, 5.41) is 7.16. The molecule has 0 aliphatic carbocycles. The molecule has 2 aromatic carbocycles. The zero-order chi connectivity index (χ0) is 15.9. The van der Waals surface area contributed by atoms with Crippen LogP contribution in [0.4, 0.5) is 14.5 Å². The van der Waals surface area contributed by atoms with E-state index in [0.29, 0.717) is 5.39 Å². The molecular formula is C16H13F2N3O. The van der Waals surface area contributed by atoms with E-state index in [9.17, 15) is 13.6 Å². The molecule has 0 aliphatic rings.